The summed E-state index contributed by atoms with van der Waals surface area (Å²) in [6.45, 7) is 8.58. The third kappa shape index (κ3) is 7.99. The number of pyridine rings is 1. The van der Waals surface area contributed by atoms with E-state index in [1.165, 1.54) is 5.56 Å². The molecule has 1 heterocycles. The molecule has 0 saturated carbocycles. The number of methoxy groups -OCH3 is 1. The zero-order chi connectivity index (χ0) is 15.3. The van der Waals surface area contributed by atoms with Gasteiger partial charge in [-0.2, -0.15) is 0 Å². The molecule has 1 rings (SSSR count). The highest BCUT2D eigenvalue weighted by Gasteiger charge is 2.03. The molecule has 0 amide bonds. The Balaban J connectivity index is 2.35. The van der Waals surface area contributed by atoms with Crippen LogP contribution < -0.4 is 10.1 Å². The molecular weight excluding hydrogens is 268 g/mol. The summed E-state index contributed by atoms with van der Waals surface area (Å²) in [6.07, 6.45) is 1.76. The highest BCUT2D eigenvalue weighted by atomic mass is 16.5. The molecule has 0 unspecified atom stereocenters. The van der Waals surface area contributed by atoms with Crippen molar-refractivity contribution in [2.45, 2.75) is 33.2 Å². The van der Waals surface area contributed by atoms with Gasteiger partial charge in [0, 0.05) is 38.4 Å². The maximum absolute atomic E-state index is 5.73. The minimum atomic E-state index is 0.619. The quantitative estimate of drug-likeness (QED) is 0.599. The van der Waals surface area contributed by atoms with Crippen LogP contribution in [0, 0.1) is 0 Å². The van der Waals surface area contributed by atoms with Gasteiger partial charge in [-0.3, -0.25) is 0 Å². The van der Waals surface area contributed by atoms with Crippen molar-refractivity contribution in [2.24, 2.45) is 0 Å². The molecule has 5 nitrogen and oxygen atoms in total. The van der Waals surface area contributed by atoms with Gasteiger partial charge in [0.25, 0.3) is 0 Å². The van der Waals surface area contributed by atoms with Crippen molar-refractivity contribution in [3.63, 3.8) is 0 Å². The van der Waals surface area contributed by atoms with Crippen LogP contribution in [0.4, 0.5) is 0 Å². The lowest BCUT2D eigenvalue weighted by Crippen LogP contribution is -2.13. The Kier molecular flexibility index (Phi) is 9.78. The Morgan fingerprint density at radius 3 is 2.67 bits per heavy atom. The first-order valence-corrected chi connectivity index (χ1v) is 7.70. The number of ether oxygens (including phenoxy) is 3. The summed E-state index contributed by atoms with van der Waals surface area (Å²) in [5, 5.41) is 3.32. The van der Waals surface area contributed by atoms with E-state index in [0.717, 1.165) is 31.6 Å². The number of nitrogens with one attached hydrogen (secondary N) is 1. The molecule has 1 aromatic heterocycles. The Morgan fingerprint density at radius 2 is 1.95 bits per heavy atom. The van der Waals surface area contributed by atoms with E-state index in [2.05, 4.69) is 30.2 Å². The molecule has 0 atom stereocenters. The molecule has 21 heavy (non-hydrogen) atoms. The molecule has 0 radical (unpaired) electrons. The largest absolute Gasteiger partial charge is 0.478 e. The zero-order valence-electron chi connectivity index (χ0n) is 13.5. The standard InChI is InChI=1S/C16H28N2O3/c1-4-15-11-14(13-17-5-2)12-16(18-15)21-8-6-7-20-10-9-19-3/h11-12,17H,4-10,13H2,1-3H3. The second kappa shape index (κ2) is 11.5. The normalized spacial score (nSPS) is 10.8. The SMILES string of the molecule is CCNCc1cc(CC)nc(OCCCOCCOC)c1. The fourth-order valence-corrected chi connectivity index (χ4v) is 1.83. The predicted molar refractivity (Wildman–Crippen MR) is 83.8 cm³/mol. The summed E-state index contributed by atoms with van der Waals surface area (Å²) >= 11 is 0. The molecular formula is C16H28N2O3. The summed E-state index contributed by atoms with van der Waals surface area (Å²) in [5.74, 6) is 0.708. The van der Waals surface area contributed by atoms with Crippen molar-refractivity contribution in [1.29, 1.82) is 0 Å². The first-order valence-electron chi connectivity index (χ1n) is 7.70. The first kappa shape index (κ1) is 17.9. The van der Waals surface area contributed by atoms with Crippen LogP contribution >= 0.6 is 0 Å². The molecule has 5 heteroatoms. The van der Waals surface area contributed by atoms with Gasteiger partial charge in [0.1, 0.15) is 0 Å². The molecule has 1 N–H and O–H groups in total. The number of aryl methyl sites for hydroxylation is 1. The predicted octanol–water partition coefficient (Wildman–Crippen LogP) is 2.19. The van der Waals surface area contributed by atoms with Gasteiger partial charge in [-0.25, -0.2) is 4.98 Å². The van der Waals surface area contributed by atoms with Gasteiger partial charge in [-0.05, 0) is 24.6 Å². The molecule has 0 spiro atoms. The average molecular weight is 296 g/mol. The summed E-state index contributed by atoms with van der Waals surface area (Å²) in [6, 6.07) is 4.14. The molecule has 1 aromatic rings. The maximum atomic E-state index is 5.73. The highest BCUT2D eigenvalue weighted by Crippen LogP contribution is 2.13. The Morgan fingerprint density at radius 1 is 1.10 bits per heavy atom. The average Bonchev–Trinajstić information content (AvgIpc) is 2.51. The van der Waals surface area contributed by atoms with Crippen LogP contribution in [-0.4, -0.2) is 45.1 Å². The fourth-order valence-electron chi connectivity index (χ4n) is 1.83. The van der Waals surface area contributed by atoms with E-state index in [4.69, 9.17) is 14.2 Å². The van der Waals surface area contributed by atoms with Crippen molar-refractivity contribution in [2.75, 3.05) is 40.1 Å². The third-order valence-corrected chi connectivity index (χ3v) is 2.97. The van der Waals surface area contributed by atoms with E-state index in [0.29, 0.717) is 32.3 Å². The number of rotatable bonds is 12. The van der Waals surface area contributed by atoms with Crippen LogP contribution in [-0.2, 0) is 22.4 Å². The molecule has 0 aliphatic heterocycles. The topological polar surface area (TPSA) is 52.6 Å². The van der Waals surface area contributed by atoms with Crippen molar-refractivity contribution >= 4 is 0 Å². The maximum Gasteiger partial charge on any atom is 0.213 e. The fraction of sp³-hybridized carbons (Fsp3) is 0.688. The lowest BCUT2D eigenvalue weighted by molar-refractivity contribution is 0.0642. The molecule has 0 bridgehead atoms. The third-order valence-electron chi connectivity index (χ3n) is 2.97. The summed E-state index contributed by atoms with van der Waals surface area (Å²) in [5.41, 5.74) is 2.28. The van der Waals surface area contributed by atoms with Gasteiger partial charge in [-0.15, -0.1) is 0 Å². The van der Waals surface area contributed by atoms with E-state index in [-0.39, 0.29) is 0 Å². The molecule has 120 valence electrons. The van der Waals surface area contributed by atoms with Crippen LogP contribution in [0.5, 0.6) is 5.88 Å². The molecule has 0 aliphatic rings. The molecule has 0 fully saturated rings. The minimum absolute atomic E-state index is 0.619. The molecule has 0 aliphatic carbocycles. The van der Waals surface area contributed by atoms with Crippen LogP contribution in [0.2, 0.25) is 0 Å². The zero-order valence-corrected chi connectivity index (χ0v) is 13.5. The number of nitrogens with zero attached hydrogens (tertiary/aromatic N) is 1. The Labute approximate surface area is 128 Å². The van der Waals surface area contributed by atoms with Crippen LogP contribution in [0.15, 0.2) is 12.1 Å². The van der Waals surface area contributed by atoms with E-state index in [9.17, 15) is 0 Å². The van der Waals surface area contributed by atoms with Gasteiger partial charge >= 0.3 is 0 Å². The first-order chi connectivity index (χ1) is 10.3. The van der Waals surface area contributed by atoms with Crippen molar-refractivity contribution in [1.82, 2.24) is 10.3 Å². The van der Waals surface area contributed by atoms with Gasteiger partial charge in [-0.1, -0.05) is 13.8 Å². The lowest BCUT2D eigenvalue weighted by atomic mass is 10.2. The monoisotopic (exact) mass is 296 g/mol. The van der Waals surface area contributed by atoms with E-state index >= 15 is 0 Å². The Hall–Kier alpha value is -1.17. The lowest BCUT2D eigenvalue weighted by Gasteiger charge is -2.10. The highest BCUT2D eigenvalue weighted by molar-refractivity contribution is 5.25. The van der Waals surface area contributed by atoms with Crippen LogP contribution in [0.3, 0.4) is 0 Å². The summed E-state index contributed by atoms with van der Waals surface area (Å²) in [7, 11) is 1.67. The second-order valence-corrected chi connectivity index (χ2v) is 4.75. The molecule has 0 aromatic carbocycles. The van der Waals surface area contributed by atoms with Gasteiger partial charge in [0.15, 0.2) is 0 Å². The Bertz CT molecular complexity index is 386. The second-order valence-electron chi connectivity index (χ2n) is 4.75. The van der Waals surface area contributed by atoms with Crippen LogP contribution in [0.1, 0.15) is 31.5 Å². The summed E-state index contributed by atoms with van der Waals surface area (Å²) in [4.78, 5) is 4.50. The van der Waals surface area contributed by atoms with Crippen molar-refractivity contribution < 1.29 is 14.2 Å². The van der Waals surface area contributed by atoms with Gasteiger partial charge in [0.2, 0.25) is 5.88 Å². The van der Waals surface area contributed by atoms with Crippen molar-refractivity contribution in [3.05, 3.63) is 23.4 Å². The van der Waals surface area contributed by atoms with Crippen molar-refractivity contribution in [3.8, 4) is 5.88 Å². The van der Waals surface area contributed by atoms with E-state index < -0.39 is 0 Å². The van der Waals surface area contributed by atoms with E-state index in [1.807, 2.05) is 6.07 Å². The number of hydrogen-bond acceptors (Lipinski definition) is 5. The van der Waals surface area contributed by atoms with Crippen LogP contribution in [0.25, 0.3) is 0 Å². The molecule has 0 saturated heterocycles. The smallest absolute Gasteiger partial charge is 0.213 e. The van der Waals surface area contributed by atoms with E-state index in [1.54, 1.807) is 7.11 Å². The van der Waals surface area contributed by atoms with Gasteiger partial charge in [0.05, 0.1) is 19.8 Å². The van der Waals surface area contributed by atoms with Gasteiger partial charge < -0.3 is 19.5 Å². The minimum Gasteiger partial charge on any atom is -0.478 e. The number of hydrogen-bond donors (Lipinski definition) is 1. The number of aromatic nitrogens is 1. The summed E-state index contributed by atoms with van der Waals surface area (Å²) < 4.78 is 16.0.